The van der Waals surface area contributed by atoms with E-state index in [0.717, 1.165) is 16.5 Å². The summed E-state index contributed by atoms with van der Waals surface area (Å²) in [6.07, 6.45) is 3.53. The number of para-hydroxylation sites is 1. The van der Waals surface area contributed by atoms with Crippen LogP contribution in [0.3, 0.4) is 0 Å². The summed E-state index contributed by atoms with van der Waals surface area (Å²) in [5.41, 5.74) is 4.91. The van der Waals surface area contributed by atoms with Crippen LogP contribution in [0.25, 0.3) is 10.9 Å². The fourth-order valence-electron chi connectivity index (χ4n) is 3.16. The standard InChI is InChI=1S/C23H19N3O4/c1-29-23(28)21-12-11-18(30-21)15-26-14-17(19-9-5-6-10-20(19)26)13-24-25-22(27)16-7-3-2-4-8-16/h2-14H,15H2,1H3,(H,25,27)/b24-13-. The Kier molecular flexibility index (Phi) is 5.43. The van der Waals surface area contributed by atoms with Crippen molar-refractivity contribution in [2.24, 2.45) is 5.10 Å². The summed E-state index contributed by atoms with van der Waals surface area (Å²) in [7, 11) is 1.31. The first kappa shape index (κ1) is 19.2. The Morgan fingerprint density at radius 1 is 1.07 bits per heavy atom. The number of benzene rings is 2. The van der Waals surface area contributed by atoms with Crippen molar-refractivity contribution in [3.05, 3.63) is 95.6 Å². The molecule has 4 rings (SSSR count). The fraction of sp³-hybridized carbons (Fsp3) is 0.0870. The molecule has 7 heteroatoms. The minimum atomic E-state index is -0.513. The van der Waals surface area contributed by atoms with E-state index >= 15 is 0 Å². The maximum absolute atomic E-state index is 12.1. The molecule has 4 aromatic rings. The van der Waals surface area contributed by atoms with Gasteiger partial charge in [0.15, 0.2) is 0 Å². The van der Waals surface area contributed by atoms with Gasteiger partial charge in [0.25, 0.3) is 5.91 Å². The van der Waals surface area contributed by atoms with E-state index < -0.39 is 5.97 Å². The summed E-state index contributed by atoms with van der Waals surface area (Å²) in [4.78, 5) is 23.7. The summed E-state index contributed by atoms with van der Waals surface area (Å²) in [6.45, 7) is 0.432. The number of ether oxygens (including phenoxy) is 1. The highest BCUT2D eigenvalue weighted by Gasteiger charge is 2.13. The van der Waals surface area contributed by atoms with Gasteiger partial charge >= 0.3 is 5.97 Å². The van der Waals surface area contributed by atoms with Crippen LogP contribution in [0.1, 0.15) is 32.2 Å². The number of carbonyl (C=O) groups is 2. The van der Waals surface area contributed by atoms with Gasteiger partial charge in [-0.2, -0.15) is 5.10 Å². The first-order chi connectivity index (χ1) is 14.7. The molecule has 0 spiro atoms. The van der Waals surface area contributed by atoms with Gasteiger partial charge in [0.05, 0.1) is 19.9 Å². The van der Waals surface area contributed by atoms with Gasteiger partial charge in [-0.3, -0.25) is 4.79 Å². The van der Waals surface area contributed by atoms with Crippen molar-refractivity contribution in [3.8, 4) is 0 Å². The molecule has 30 heavy (non-hydrogen) atoms. The van der Waals surface area contributed by atoms with E-state index in [0.29, 0.717) is 17.9 Å². The highest BCUT2D eigenvalue weighted by Crippen LogP contribution is 2.22. The second-order valence-corrected chi connectivity index (χ2v) is 6.55. The van der Waals surface area contributed by atoms with Gasteiger partial charge in [0.2, 0.25) is 5.76 Å². The van der Waals surface area contributed by atoms with E-state index in [1.165, 1.54) is 7.11 Å². The summed E-state index contributed by atoms with van der Waals surface area (Å²) in [5, 5.41) is 5.09. The van der Waals surface area contributed by atoms with Crippen LogP contribution < -0.4 is 5.43 Å². The molecular formula is C23H19N3O4. The number of furan rings is 1. The largest absolute Gasteiger partial charge is 0.463 e. The lowest BCUT2D eigenvalue weighted by Gasteiger charge is -2.02. The van der Waals surface area contributed by atoms with Gasteiger partial charge in [0.1, 0.15) is 5.76 Å². The Balaban J connectivity index is 1.55. The molecular weight excluding hydrogens is 382 g/mol. The van der Waals surface area contributed by atoms with E-state index in [1.54, 1.807) is 42.6 Å². The predicted molar refractivity (Wildman–Crippen MR) is 113 cm³/mol. The summed E-state index contributed by atoms with van der Waals surface area (Å²) in [5.74, 6) is -0.00602. The molecule has 2 heterocycles. The van der Waals surface area contributed by atoms with E-state index in [9.17, 15) is 9.59 Å². The molecule has 2 aromatic heterocycles. The Labute approximate surface area is 172 Å². The number of hydrogen-bond acceptors (Lipinski definition) is 5. The molecule has 0 radical (unpaired) electrons. The Morgan fingerprint density at radius 3 is 2.63 bits per heavy atom. The third-order valence-corrected chi connectivity index (χ3v) is 4.60. The topological polar surface area (TPSA) is 85.8 Å². The van der Waals surface area contributed by atoms with Crippen LogP contribution in [0.4, 0.5) is 0 Å². The number of methoxy groups -OCH3 is 1. The molecule has 0 atom stereocenters. The van der Waals surface area contributed by atoms with Gasteiger partial charge < -0.3 is 13.7 Å². The lowest BCUT2D eigenvalue weighted by molar-refractivity contribution is 0.0562. The second kappa shape index (κ2) is 8.48. The van der Waals surface area contributed by atoms with Crippen molar-refractivity contribution in [2.45, 2.75) is 6.54 Å². The zero-order valence-corrected chi connectivity index (χ0v) is 16.2. The first-order valence-corrected chi connectivity index (χ1v) is 9.29. The van der Waals surface area contributed by atoms with Gasteiger partial charge in [-0.05, 0) is 30.3 Å². The van der Waals surface area contributed by atoms with Crippen LogP contribution >= 0.6 is 0 Å². The molecule has 7 nitrogen and oxygen atoms in total. The number of hydrogen-bond donors (Lipinski definition) is 1. The minimum absolute atomic E-state index is 0.161. The van der Waals surface area contributed by atoms with Crippen molar-refractivity contribution in [1.82, 2.24) is 9.99 Å². The predicted octanol–water partition coefficient (Wildman–Crippen LogP) is 3.83. The highest BCUT2D eigenvalue weighted by atomic mass is 16.5. The number of carbonyl (C=O) groups excluding carboxylic acids is 2. The molecule has 2 aromatic carbocycles. The Hall–Kier alpha value is -4.13. The van der Waals surface area contributed by atoms with Crippen LogP contribution in [0.15, 0.2) is 82.4 Å². The van der Waals surface area contributed by atoms with E-state index in [1.807, 2.05) is 41.1 Å². The maximum atomic E-state index is 12.1. The quantitative estimate of drug-likeness (QED) is 0.302. The summed E-state index contributed by atoms with van der Waals surface area (Å²) >= 11 is 0. The number of amides is 1. The molecule has 1 N–H and O–H groups in total. The molecule has 0 unspecified atom stereocenters. The average molecular weight is 401 g/mol. The first-order valence-electron chi connectivity index (χ1n) is 9.29. The third kappa shape index (κ3) is 4.00. The van der Waals surface area contributed by atoms with Crippen molar-refractivity contribution >= 4 is 29.0 Å². The highest BCUT2D eigenvalue weighted by molar-refractivity contribution is 6.00. The number of esters is 1. The maximum Gasteiger partial charge on any atom is 0.373 e. The van der Waals surface area contributed by atoms with Crippen molar-refractivity contribution < 1.29 is 18.7 Å². The lowest BCUT2D eigenvalue weighted by atomic mass is 10.2. The molecule has 0 bridgehead atoms. The molecule has 0 aliphatic carbocycles. The molecule has 150 valence electrons. The molecule has 0 aliphatic rings. The summed E-state index contributed by atoms with van der Waals surface area (Å²) in [6, 6.07) is 20.1. The van der Waals surface area contributed by atoms with E-state index in [2.05, 4.69) is 15.3 Å². The van der Waals surface area contributed by atoms with Crippen LogP contribution in [0.2, 0.25) is 0 Å². The van der Waals surface area contributed by atoms with Crippen molar-refractivity contribution in [3.63, 3.8) is 0 Å². The number of fused-ring (bicyclic) bond motifs is 1. The molecule has 0 fully saturated rings. The summed E-state index contributed by atoms with van der Waals surface area (Å²) < 4.78 is 12.2. The lowest BCUT2D eigenvalue weighted by Crippen LogP contribution is -2.17. The number of nitrogens with one attached hydrogen (secondary N) is 1. The zero-order chi connectivity index (χ0) is 20.9. The minimum Gasteiger partial charge on any atom is -0.463 e. The monoisotopic (exact) mass is 401 g/mol. The molecule has 1 amide bonds. The number of aromatic nitrogens is 1. The number of nitrogens with zero attached hydrogens (tertiary/aromatic N) is 2. The Bertz CT molecular complexity index is 1220. The van der Waals surface area contributed by atoms with Gasteiger partial charge in [-0.25, -0.2) is 10.2 Å². The number of rotatable bonds is 6. The third-order valence-electron chi connectivity index (χ3n) is 4.60. The Morgan fingerprint density at radius 2 is 1.83 bits per heavy atom. The van der Waals surface area contributed by atoms with Crippen molar-refractivity contribution in [2.75, 3.05) is 7.11 Å². The van der Waals surface area contributed by atoms with Crippen molar-refractivity contribution in [1.29, 1.82) is 0 Å². The van der Waals surface area contributed by atoms with Gasteiger partial charge in [-0.1, -0.05) is 36.4 Å². The van der Waals surface area contributed by atoms with Crippen LogP contribution in [0, 0.1) is 0 Å². The normalized spacial score (nSPS) is 11.1. The molecule has 0 saturated carbocycles. The fourth-order valence-corrected chi connectivity index (χ4v) is 3.16. The van der Waals surface area contributed by atoms with Crippen LogP contribution in [-0.2, 0) is 11.3 Å². The second-order valence-electron chi connectivity index (χ2n) is 6.55. The average Bonchev–Trinajstić information content (AvgIpc) is 3.39. The van der Waals surface area contributed by atoms with E-state index in [-0.39, 0.29) is 11.7 Å². The molecule has 0 saturated heterocycles. The van der Waals surface area contributed by atoms with Gasteiger partial charge in [-0.15, -0.1) is 0 Å². The van der Waals surface area contributed by atoms with Crippen LogP contribution in [-0.4, -0.2) is 29.8 Å². The van der Waals surface area contributed by atoms with Gasteiger partial charge in [0, 0.05) is 28.2 Å². The molecule has 0 aliphatic heterocycles. The SMILES string of the molecule is COC(=O)c1ccc(Cn2cc(/C=N\NC(=O)c3ccccc3)c3ccccc32)o1. The van der Waals surface area contributed by atoms with Crippen LogP contribution in [0.5, 0.6) is 0 Å². The number of hydrazone groups is 1. The van der Waals surface area contributed by atoms with E-state index in [4.69, 9.17) is 4.42 Å². The zero-order valence-electron chi connectivity index (χ0n) is 16.2. The smallest absolute Gasteiger partial charge is 0.373 e.